The summed E-state index contributed by atoms with van der Waals surface area (Å²) in [6.45, 7) is 5.65. The number of anilines is 1. The van der Waals surface area contributed by atoms with Crippen LogP contribution in [0.25, 0.3) is 0 Å². The van der Waals surface area contributed by atoms with Gasteiger partial charge in [0, 0.05) is 25.3 Å². The highest BCUT2D eigenvalue weighted by atomic mass is 16.2. The van der Waals surface area contributed by atoms with Gasteiger partial charge in [0.1, 0.15) is 0 Å². The van der Waals surface area contributed by atoms with Crippen molar-refractivity contribution in [3.8, 4) is 0 Å². The van der Waals surface area contributed by atoms with Crippen LogP contribution in [-0.2, 0) is 11.2 Å². The van der Waals surface area contributed by atoms with Crippen molar-refractivity contribution in [3.63, 3.8) is 0 Å². The second-order valence-corrected chi connectivity index (χ2v) is 5.89. The van der Waals surface area contributed by atoms with Gasteiger partial charge in [0.25, 0.3) is 0 Å². The standard InChI is InChI=1S/C16H22N2O/c1-13-5-4-9-18(11-13)16(19)12-17-10-8-14-6-2-3-7-15(14)17/h2-3,6-7,13H,4-5,8-12H2,1H3. The van der Waals surface area contributed by atoms with Crippen molar-refractivity contribution in [2.75, 3.05) is 31.1 Å². The van der Waals surface area contributed by atoms with Crippen LogP contribution in [0.3, 0.4) is 0 Å². The number of carbonyl (C=O) groups excluding carboxylic acids is 1. The topological polar surface area (TPSA) is 23.6 Å². The molecular formula is C16H22N2O. The van der Waals surface area contributed by atoms with Crippen LogP contribution in [0.4, 0.5) is 5.69 Å². The molecule has 0 aliphatic carbocycles. The summed E-state index contributed by atoms with van der Waals surface area (Å²) in [5.74, 6) is 0.951. The maximum absolute atomic E-state index is 12.4. The van der Waals surface area contributed by atoms with Crippen LogP contribution in [0.15, 0.2) is 24.3 Å². The Morgan fingerprint density at radius 1 is 1.32 bits per heavy atom. The van der Waals surface area contributed by atoms with Gasteiger partial charge in [-0.25, -0.2) is 0 Å². The third-order valence-corrected chi connectivity index (χ3v) is 4.32. The van der Waals surface area contributed by atoms with Crippen LogP contribution in [0.1, 0.15) is 25.3 Å². The molecule has 0 saturated carbocycles. The van der Waals surface area contributed by atoms with Gasteiger partial charge in [-0.3, -0.25) is 4.79 Å². The molecule has 1 saturated heterocycles. The molecule has 3 rings (SSSR count). The first kappa shape index (κ1) is 12.5. The Hall–Kier alpha value is -1.51. The zero-order valence-corrected chi connectivity index (χ0v) is 11.6. The van der Waals surface area contributed by atoms with Crippen molar-refractivity contribution in [3.05, 3.63) is 29.8 Å². The minimum absolute atomic E-state index is 0.295. The van der Waals surface area contributed by atoms with Gasteiger partial charge >= 0.3 is 0 Å². The quantitative estimate of drug-likeness (QED) is 0.812. The highest BCUT2D eigenvalue weighted by Crippen LogP contribution is 2.27. The summed E-state index contributed by atoms with van der Waals surface area (Å²) in [6.07, 6.45) is 3.49. The van der Waals surface area contributed by atoms with Gasteiger partial charge in [-0.15, -0.1) is 0 Å². The number of amides is 1. The Labute approximate surface area is 115 Å². The third-order valence-electron chi connectivity index (χ3n) is 4.32. The zero-order chi connectivity index (χ0) is 13.2. The van der Waals surface area contributed by atoms with Crippen LogP contribution in [0.5, 0.6) is 0 Å². The SMILES string of the molecule is CC1CCCN(C(=O)CN2CCc3ccccc32)C1. The largest absolute Gasteiger partial charge is 0.362 e. The van der Waals surface area contributed by atoms with Crippen molar-refractivity contribution in [2.45, 2.75) is 26.2 Å². The molecule has 2 heterocycles. The van der Waals surface area contributed by atoms with E-state index < -0.39 is 0 Å². The molecule has 1 fully saturated rings. The number of likely N-dealkylation sites (tertiary alicyclic amines) is 1. The van der Waals surface area contributed by atoms with E-state index in [9.17, 15) is 4.79 Å². The second kappa shape index (κ2) is 5.24. The fraction of sp³-hybridized carbons (Fsp3) is 0.562. The smallest absolute Gasteiger partial charge is 0.242 e. The number of rotatable bonds is 2. The van der Waals surface area contributed by atoms with E-state index in [1.54, 1.807) is 0 Å². The van der Waals surface area contributed by atoms with Crippen molar-refractivity contribution in [1.29, 1.82) is 0 Å². The van der Waals surface area contributed by atoms with E-state index in [-0.39, 0.29) is 0 Å². The Bertz CT molecular complexity index is 472. The van der Waals surface area contributed by atoms with Crippen molar-refractivity contribution in [2.24, 2.45) is 5.92 Å². The van der Waals surface area contributed by atoms with Gasteiger partial charge in [-0.05, 0) is 36.8 Å². The van der Waals surface area contributed by atoms with E-state index in [2.05, 4.69) is 41.0 Å². The highest BCUT2D eigenvalue weighted by molar-refractivity contribution is 5.82. The molecule has 1 aromatic rings. The van der Waals surface area contributed by atoms with Gasteiger partial charge < -0.3 is 9.80 Å². The number of nitrogens with zero attached hydrogens (tertiary/aromatic N) is 2. The minimum Gasteiger partial charge on any atom is -0.362 e. The summed E-state index contributed by atoms with van der Waals surface area (Å²) in [5.41, 5.74) is 2.63. The Morgan fingerprint density at radius 2 is 2.16 bits per heavy atom. The van der Waals surface area contributed by atoms with Gasteiger partial charge in [0.2, 0.25) is 5.91 Å². The summed E-state index contributed by atoms with van der Waals surface area (Å²) < 4.78 is 0. The Morgan fingerprint density at radius 3 is 3.00 bits per heavy atom. The van der Waals surface area contributed by atoms with E-state index in [4.69, 9.17) is 0 Å². The number of benzene rings is 1. The van der Waals surface area contributed by atoms with E-state index >= 15 is 0 Å². The van der Waals surface area contributed by atoms with Crippen LogP contribution in [0, 0.1) is 5.92 Å². The lowest BCUT2D eigenvalue weighted by molar-refractivity contribution is -0.131. The number of piperidine rings is 1. The number of fused-ring (bicyclic) bond motifs is 1. The molecule has 102 valence electrons. The van der Waals surface area contributed by atoms with Crippen LogP contribution in [-0.4, -0.2) is 37.0 Å². The van der Waals surface area contributed by atoms with E-state index in [1.807, 2.05) is 0 Å². The molecule has 2 aliphatic heterocycles. The maximum Gasteiger partial charge on any atom is 0.242 e. The molecule has 3 heteroatoms. The van der Waals surface area contributed by atoms with Gasteiger partial charge in [-0.1, -0.05) is 25.1 Å². The number of hydrogen-bond donors (Lipinski definition) is 0. The molecule has 1 amide bonds. The summed E-state index contributed by atoms with van der Waals surface area (Å²) in [7, 11) is 0. The molecule has 0 N–H and O–H groups in total. The molecule has 2 aliphatic rings. The summed E-state index contributed by atoms with van der Waals surface area (Å²) >= 11 is 0. The second-order valence-electron chi connectivity index (χ2n) is 5.89. The predicted molar refractivity (Wildman–Crippen MR) is 77.3 cm³/mol. The molecular weight excluding hydrogens is 236 g/mol. The molecule has 1 atom stereocenters. The van der Waals surface area contributed by atoms with Gasteiger partial charge in [0.15, 0.2) is 0 Å². The fourth-order valence-corrected chi connectivity index (χ4v) is 3.25. The van der Waals surface area contributed by atoms with Gasteiger partial charge in [0.05, 0.1) is 6.54 Å². The van der Waals surface area contributed by atoms with Crippen LogP contribution < -0.4 is 4.90 Å². The summed E-state index contributed by atoms with van der Waals surface area (Å²) in [5, 5.41) is 0. The van der Waals surface area contributed by atoms with Crippen molar-refractivity contribution in [1.82, 2.24) is 4.90 Å². The number of carbonyl (C=O) groups is 1. The fourth-order valence-electron chi connectivity index (χ4n) is 3.25. The first-order chi connectivity index (χ1) is 9.24. The zero-order valence-electron chi connectivity index (χ0n) is 11.6. The Kier molecular flexibility index (Phi) is 3.45. The molecule has 0 bridgehead atoms. The van der Waals surface area contributed by atoms with Crippen LogP contribution >= 0.6 is 0 Å². The van der Waals surface area contributed by atoms with E-state index in [0.717, 1.165) is 32.5 Å². The van der Waals surface area contributed by atoms with Crippen molar-refractivity contribution >= 4 is 11.6 Å². The maximum atomic E-state index is 12.4. The van der Waals surface area contributed by atoms with Gasteiger partial charge in [-0.2, -0.15) is 0 Å². The monoisotopic (exact) mass is 258 g/mol. The van der Waals surface area contributed by atoms with Crippen LogP contribution in [0.2, 0.25) is 0 Å². The lowest BCUT2D eigenvalue weighted by Gasteiger charge is -2.32. The number of hydrogen-bond acceptors (Lipinski definition) is 2. The lowest BCUT2D eigenvalue weighted by atomic mass is 10.0. The normalized spacial score (nSPS) is 22.5. The average Bonchev–Trinajstić information content (AvgIpc) is 2.82. The third kappa shape index (κ3) is 2.60. The van der Waals surface area contributed by atoms with E-state index in [1.165, 1.54) is 17.7 Å². The molecule has 0 spiro atoms. The summed E-state index contributed by atoms with van der Waals surface area (Å²) in [6, 6.07) is 8.44. The van der Waals surface area contributed by atoms with Crippen molar-refractivity contribution < 1.29 is 4.79 Å². The predicted octanol–water partition coefficient (Wildman–Crippen LogP) is 2.31. The first-order valence-corrected chi connectivity index (χ1v) is 7.34. The first-order valence-electron chi connectivity index (χ1n) is 7.34. The lowest BCUT2D eigenvalue weighted by Crippen LogP contribution is -2.44. The minimum atomic E-state index is 0.295. The molecule has 0 radical (unpaired) electrons. The molecule has 1 unspecified atom stereocenters. The number of para-hydroxylation sites is 1. The molecule has 0 aromatic heterocycles. The Balaban J connectivity index is 1.64. The summed E-state index contributed by atoms with van der Waals surface area (Å²) in [4.78, 5) is 16.7. The molecule has 3 nitrogen and oxygen atoms in total. The average molecular weight is 258 g/mol. The molecule has 19 heavy (non-hydrogen) atoms. The highest BCUT2D eigenvalue weighted by Gasteiger charge is 2.25. The molecule has 1 aromatic carbocycles. The van der Waals surface area contributed by atoms with E-state index in [0.29, 0.717) is 18.4 Å².